The minimum Gasteiger partial charge on any atom is -0.309 e. The molecule has 2 nitrogen and oxygen atoms in total. The van der Waals surface area contributed by atoms with Crippen LogP contribution in [-0.2, 0) is 0 Å². The molecule has 21 heavy (non-hydrogen) atoms. The fourth-order valence-corrected chi connectivity index (χ4v) is 2.97. The summed E-state index contributed by atoms with van der Waals surface area (Å²) in [5, 5.41) is 6.53. The molecule has 0 spiro atoms. The molecule has 0 saturated carbocycles. The number of rotatable bonds is 3. The van der Waals surface area contributed by atoms with Crippen molar-refractivity contribution in [1.82, 2.24) is 10.3 Å². The highest BCUT2D eigenvalue weighted by atomic mass is 35.5. The van der Waals surface area contributed by atoms with Crippen LogP contribution in [0, 0.1) is 6.92 Å². The summed E-state index contributed by atoms with van der Waals surface area (Å²) in [6.45, 7) is 2.11. The molecule has 3 aromatic rings. The summed E-state index contributed by atoms with van der Waals surface area (Å²) in [6, 6.07) is 14.5. The predicted octanol–water partition coefficient (Wildman–Crippen LogP) is 4.51. The number of pyridine rings is 1. The van der Waals surface area contributed by atoms with Crippen molar-refractivity contribution in [2.45, 2.75) is 13.0 Å². The van der Waals surface area contributed by atoms with E-state index < -0.39 is 0 Å². The fraction of sp³-hybridized carbons (Fsp3) is 0.167. The maximum Gasteiger partial charge on any atom is 0.0584 e. The van der Waals surface area contributed by atoms with Gasteiger partial charge in [0.1, 0.15) is 0 Å². The van der Waals surface area contributed by atoms with Crippen molar-refractivity contribution in [1.29, 1.82) is 0 Å². The summed E-state index contributed by atoms with van der Waals surface area (Å²) >= 11 is 6.18. The SMILES string of the molecule is CNC(c1cc(Cl)ccc1C)c1cccc2ccncc12. The summed E-state index contributed by atoms with van der Waals surface area (Å²) in [5.74, 6) is 0. The Labute approximate surface area is 129 Å². The molecular formula is C18H17ClN2. The van der Waals surface area contributed by atoms with Gasteiger partial charge in [-0.1, -0.05) is 35.9 Å². The van der Waals surface area contributed by atoms with Crippen LogP contribution in [0.1, 0.15) is 22.7 Å². The van der Waals surface area contributed by atoms with Gasteiger partial charge < -0.3 is 5.32 Å². The van der Waals surface area contributed by atoms with Crippen molar-refractivity contribution in [2.75, 3.05) is 7.05 Å². The first-order chi connectivity index (χ1) is 10.2. The van der Waals surface area contributed by atoms with Crippen LogP contribution in [0.25, 0.3) is 10.8 Å². The standard InChI is InChI=1S/C18H17ClN2/c1-12-6-7-14(19)10-16(12)18(20-2)15-5-3-4-13-8-9-21-11-17(13)15/h3-11,18,20H,1-2H3. The van der Waals surface area contributed by atoms with Crippen molar-refractivity contribution >= 4 is 22.4 Å². The van der Waals surface area contributed by atoms with E-state index in [1.165, 1.54) is 27.5 Å². The molecule has 3 rings (SSSR count). The van der Waals surface area contributed by atoms with Crippen molar-refractivity contribution in [2.24, 2.45) is 0 Å². The smallest absolute Gasteiger partial charge is 0.0584 e. The van der Waals surface area contributed by atoms with E-state index in [2.05, 4.69) is 41.5 Å². The minimum atomic E-state index is 0.0941. The topological polar surface area (TPSA) is 24.9 Å². The third-order valence-electron chi connectivity index (χ3n) is 3.87. The van der Waals surface area contributed by atoms with Crippen LogP contribution >= 0.6 is 11.6 Å². The Hall–Kier alpha value is -1.90. The van der Waals surface area contributed by atoms with Crippen molar-refractivity contribution in [3.05, 3.63) is 76.6 Å². The molecule has 0 fully saturated rings. The number of nitrogens with one attached hydrogen (secondary N) is 1. The van der Waals surface area contributed by atoms with Crippen LogP contribution in [0.4, 0.5) is 0 Å². The van der Waals surface area contributed by atoms with E-state index in [0.29, 0.717) is 0 Å². The highest BCUT2D eigenvalue weighted by molar-refractivity contribution is 6.30. The van der Waals surface area contributed by atoms with E-state index in [0.717, 1.165) is 5.02 Å². The quantitative estimate of drug-likeness (QED) is 0.769. The van der Waals surface area contributed by atoms with Gasteiger partial charge in [-0.3, -0.25) is 4.98 Å². The highest BCUT2D eigenvalue weighted by Crippen LogP contribution is 2.31. The first-order valence-electron chi connectivity index (χ1n) is 6.96. The molecule has 0 aliphatic heterocycles. The lowest BCUT2D eigenvalue weighted by atomic mass is 9.92. The highest BCUT2D eigenvalue weighted by Gasteiger charge is 2.17. The Balaban J connectivity index is 2.21. The van der Waals surface area contributed by atoms with Gasteiger partial charge in [0.2, 0.25) is 0 Å². The second kappa shape index (κ2) is 5.84. The monoisotopic (exact) mass is 296 g/mol. The first kappa shape index (κ1) is 14.1. The van der Waals surface area contributed by atoms with Crippen LogP contribution in [0.15, 0.2) is 54.9 Å². The number of benzene rings is 2. The summed E-state index contributed by atoms with van der Waals surface area (Å²) in [6.07, 6.45) is 3.75. The normalized spacial score (nSPS) is 12.5. The van der Waals surface area contributed by atoms with E-state index in [1.807, 2.05) is 37.6 Å². The number of nitrogens with zero attached hydrogens (tertiary/aromatic N) is 1. The number of halogens is 1. The van der Waals surface area contributed by atoms with Gasteiger partial charge >= 0.3 is 0 Å². The van der Waals surface area contributed by atoms with E-state index >= 15 is 0 Å². The lowest BCUT2D eigenvalue weighted by molar-refractivity contribution is 0.692. The van der Waals surface area contributed by atoms with Crippen LogP contribution in [-0.4, -0.2) is 12.0 Å². The Kier molecular flexibility index (Phi) is 3.91. The van der Waals surface area contributed by atoms with Crippen LogP contribution in [0.2, 0.25) is 5.02 Å². The molecule has 1 N–H and O–H groups in total. The Bertz CT molecular complexity index is 778. The zero-order valence-corrected chi connectivity index (χ0v) is 12.9. The van der Waals surface area contributed by atoms with E-state index in [9.17, 15) is 0 Å². The van der Waals surface area contributed by atoms with Gasteiger partial charge in [0.15, 0.2) is 0 Å². The molecule has 0 amide bonds. The second-order valence-corrected chi connectivity index (χ2v) is 5.60. The van der Waals surface area contributed by atoms with E-state index in [1.54, 1.807) is 0 Å². The maximum atomic E-state index is 6.18. The van der Waals surface area contributed by atoms with Gasteiger partial charge in [0.25, 0.3) is 0 Å². The van der Waals surface area contributed by atoms with Crippen molar-refractivity contribution < 1.29 is 0 Å². The second-order valence-electron chi connectivity index (χ2n) is 5.17. The summed E-state index contributed by atoms with van der Waals surface area (Å²) in [5.41, 5.74) is 3.63. The van der Waals surface area contributed by atoms with Gasteiger partial charge in [-0.05, 0) is 54.2 Å². The molecule has 0 bridgehead atoms. The zero-order chi connectivity index (χ0) is 14.8. The minimum absolute atomic E-state index is 0.0941. The molecule has 0 radical (unpaired) electrons. The molecule has 3 heteroatoms. The van der Waals surface area contributed by atoms with Crippen molar-refractivity contribution in [3.63, 3.8) is 0 Å². The zero-order valence-electron chi connectivity index (χ0n) is 12.1. The average molecular weight is 297 g/mol. The fourth-order valence-electron chi connectivity index (χ4n) is 2.79. The molecule has 1 heterocycles. The molecule has 1 unspecified atom stereocenters. The first-order valence-corrected chi connectivity index (χ1v) is 7.34. The molecule has 0 saturated heterocycles. The predicted molar refractivity (Wildman–Crippen MR) is 88.8 cm³/mol. The number of hydrogen-bond donors (Lipinski definition) is 1. The molecule has 2 aromatic carbocycles. The largest absolute Gasteiger partial charge is 0.309 e. The van der Waals surface area contributed by atoms with Gasteiger partial charge in [0, 0.05) is 22.8 Å². The number of aromatic nitrogens is 1. The van der Waals surface area contributed by atoms with E-state index in [-0.39, 0.29) is 6.04 Å². The van der Waals surface area contributed by atoms with Crippen LogP contribution in [0.3, 0.4) is 0 Å². The molecule has 106 valence electrons. The molecular weight excluding hydrogens is 280 g/mol. The number of hydrogen-bond acceptors (Lipinski definition) is 2. The van der Waals surface area contributed by atoms with Gasteiger partial charge in [0.05, 0.1) is 6.04 Å². The van der Waals surface area contributed by atoms with Crippen molar-refractivity contribution in [3.8, 4) is 0 Å². The molecule has 0 aliphatic carbocycles. The van der Waals surface area contributed by atoms with Crippen LogP contribution in [0.5, 0.6) is 0 Å². The Morgan fingerprint density at radius 3 is 2.76 bits per heavy atom. The summed E-state index contributed by atoms with van der Waals surface area (Å²) in [7, 11) is 1.97. The molecule has 0 aliphatic rings. The van der Waals surface area contributed by atoms with E-state index in [4.69, 9.17) is 11.6 Å². The third kappa shape index (κ3) is 2.65. The van der Waals surface area contributed by atoms with Crippen LogP contribution < -0.4 is 5.32 Å². The average Bonchev–Trinajstić information content (AvgIpc) is 2.51. The van der Waals surface area contributed by atoms with Gasteiger partial charge in [-0.25, -0.2) is 0 Å². The summed E-state index contributed by atoms with van der Waals surface area (Å²) < 4.78 is 0. The molecule has 1 atom stereocenters. The Morgan fingerprint density at radius 1 is 1.10 bits per heavy atom. The Morgan fingerprint density at radius 2 is 1.95 bits per heavy atom. The van der Waals surface area contributed by atoms with Gasteiger partial charge in [-0.2, -0.15) is 0 Å². The molecule has 1 aromatic heterocycles. The summed E-state index contributed by atoms with van der Waals surface area (Å²) in [4.78, 5) is 4.27. The lowest BCUT2D eigenvalue weighted by Crippen LogP contribution is -2.19. The van der Waals surface area contributed by atoms with Gasteiger partial charge in [-0.15, -0.1) is 0 Å². The lowest BCUT2D eigenvalue weighted by Gasteiger charge is -2.21. The maximum absolute atomic E-state index is 6.18. The number of aryl methyl sites for hydroxylation is 1. The number of fused-ring (bicyclic) bond motifs is 1. The third-order valence-corrected chi connectivity index (χ3v) is 4.10.